The average molecular weight is 336 g/mol. The van der Waals surface area contributed by atoms with E-state index in [1.807, 2.05) is 38.1 Å². The van der Waals surface area contributed by atoms with E-state index >= 15 is 0 Å². The molecule has 0 saturated carbocycles. The molecule has 0 radical (unpaired) electrons. The Labute approximate surface area is 147 Å². The summed E-state index contributed by atoms with van der Waals surface area (Å²) in [7, 11) is 3.18. The molecule has 1 aliphatic rings. The van der Waals surface area contributed by atoms with Crippen molar-refractivity contribution in [1.82, 2.24) is 0 Å². The Balaban J connectivity index is 1.99. The minimum atomic E-state index is -0.368. The van der Waals surface area contributed by atoms with Gasteiger partial charge in [-0.15, -0.1) is 0 Å². The summed E-state index contributed by atoms with van der Waals surface area (Å²) in [6, 6.07) is 11.5. The number of benzene rings is 2. The number of carbonyl (C=O) groups is 1. The molecular weight excluding hydrogens is 316 g/mol. The second-order valence-electron chi connectivity index (χ2n) is 5.92. The molecule has 0 spiro atoms. The van der Waals surface area contributed by atoms with Gasteiger partial charge in [0.15, 0.2) is 0 Å². The van der Waals surface area contributed by atoms with Gasteiger partial charge in [0.1, 0.15) is 17.3 Å². The Morgan fingerprint density at radius 1 is 1.00 bits per heavy atom. The molecular formula is C21H20O4. The van der Waals surface area contributed by atoms with Gasteiger partial charge in [0, 0.05) is 17.2 Å². The molecule has 2 aromatic rings. The van der Waals surface area contributed by atoms with Crippen molar-refractivity contribution in [1.29, 1.82) is 0 Å². The number of cyclic esters (lactones) is 1. The van der Waals surface area contributed by atoms with E-state index in [0.29, 0.717) is 22.8 Å². The number of carbonyl (C=O) groups excluding carboxylic acids is 1. The molecule has 4 heteroatoms. The topological polar surface area (TPSA) is 44.8 Å². The highest BCUT2D eigenvalue weighted by atomic mass is 16.5. The zero-order valence-corrected chi connectivity index (χ0v) is 14.8. The van der Waals surface area contributed by atoms with Gasteiger partial charge in [0.2, 0.25) is 0 Å². The van der Waals surface area contributed by atoms with Gasteiger partial charge >= 0.3 is 5.97 Å². The third kappa shape index (κ3) is 3.43. The van der Waals surface area contributed by atoms with Crippen LogP contribution in [0, 0.1) is 13.8 Å². The molecule has 0 N–H and O–H groups in total. The van der Waals surface area contributed by atoms with Crippen molar-refractivity contribution in [2.45, 2.75) is 13.8 Å². The summed E-state index contributed by atoms with van der Waals surface area (Å²) >= 11 is 0. The van der Waals surface area contributed by atoms with Crippen LogP contribution < -0.4 is 9.47 Å². The predicted octanol–water partition coefficient (Wildman–Crippen LogP) is 4.30. The monoisotopic (exact) mass is 336 g/mol. The normalized spacial score (nSPS) is 15.1. The highest BCUT2D eigenvalue weighted by molar-refractivity contribution is 6.05. The summed E-state index contributed by atoms with van der Waals surface area (Å²) in [5.41, 5.74) is 4.43. The van der Waals surface area contributed by atoms with Gasteiger partial charge in [0.25, 0.3) is 0 Å². The van der Waals surface area contributed by atoms with Crippen LogP contribution in [-0.4, -0.2) is 20.2 Å². The fraction of sp³-hybridized carbons (Fsp3) is 0.190. The standard InChI is InChI=1S/C21H20O4/c1-13-5-8-18(14(2)9-13)20-11-16(21(22)25-20)10-15-6-7-17(23-3)12-19(15)24-4/h5-12H,1-4H3/b16-10+. The molecule has 0 bridgehead atoms. The SMILES string of the molecule is COc1ccc(/C=C2\C=C(c3ccc(C)cc3C)OC2=O)c(OC)c1. The van der Waals surface area contributed by atoms with Crippen LogP contribution in [-0.2, 0) is 9.53 Å². The summed E-state index contributed by atoms with van der Waals surface area (Å²) in [5.74, 6) is 1.53. The molecule has 128 valence electrons. The lowest BCUT2D eigenvalue weighted by atomic mass is 10.0. The first-order valence-corrected chi connectivity index (χ1v) is 7.97. The van der Waals surface area contributed by atoms with Crippen LogP contribution >= 0.6 is 0 Å². The number of ether oxygens (including phenoxy) is 3. The van der Waals surface area contributed by atoms with E-state index in [-0.39, 0.29) is 5.97 Å². The fourth-order valence-electron chi connectivity index (χ4n) is 2.82. The van der Waals surface area contributed by atoms with Crippen LogP contribution in [0.3, 0.4) is 0 Å². The van der Waals surface area contributed by atoms with Crippen LogP contribution in [0.4, 0.5) is 0 Å². The number of methoxy groups -OCH3 is 2. The Bertz CT molecular complexity index is 891. The van der Waals surface area contributed by atoms with Crippen molar-refractivity contribution in [3.8, 4) is 11.5 Å². The van der Waals surface area contributed by atoms with Gasteiger partial charge in [-0.1, -0.05) is 23.8 Å². The summed E-state index contributed by atoms with van der Waals surface area (Å²) in [6.07, 6.45) is 3.53. The van der Waals surface area contributed by atoms with E-state index in [9.17, 15) is 4.79 Å². The molecule has 0 atom stereocenters. The quantitative estimate of drug-likeness (QED) is 0.617. The third-order valence-corrected chi connectivity index (χ3v) is 4.12. The Morgan fingerprint density at radius 3 is 2.48 bits per heavy atom. The number of hydrogen-bond donors (Lipinski definition) is 0. The lowest BCUT2D eigenvalue weighted by Crippen LogP contribution is -1.98. The highest BCUT2D eigenvalue weighted by Crippen LogP contribution is 2.32. The zero-order chi connectivity index (χ0) is 18.0. The Morgan fingerprint density at radius 2 is 1.80 bits per heavy atom. The van der Waals surface area contributed by atoms with Crippen molar-refractivity contribution in [3.05, 3.63) is 70.3 Å². The maximum absolute atomic E-state index is 12.3. The molecule has 0 amide bonds. The lowest BCUT2D eigenvalue weighted by molar-refractivity contribution is -0.130. The first-order valence-electron chi connectivity index (χ1n) is 7.97. The predicted molar refractivity (Wildman–Crippen MR) is 97.5 cm³/mol. The van der Waals surface area contributed by atoms with Gasteiger partial charge in [-0.05, 0) is 43.7 Å². The molecule has 0 saturated heterocycles. The minimum absolute atomic E-state index is 0.368. The third-order valence-electron chi connectivity index (χ3n) is 4.12. The second kappa shape index (κ2) is 6.85. The van der Waals surface area contributed by atoms with Crippen LogP contribution in [0.5, 0.6) is 11.5 Å². The van der Waals surface area contributed by atoms with Crippen LogP contribution in [0.25, 0.3) is 11.8 Å². The van der Waals surface area contributed by atoms with Gasteiger partial charge < -0.3 is 14.2 Å². The van der Waals surface area contributed by atoms with Crippen LogP contribution in [0.15, 0.2) is 48.0 Å². The van der Waals surface area contributed by atoms with E-state index in [2.05, 4.69) is 6.07 Å². The highest BCUT2D eigenvalue weighted by Gasteiger charge is 2.23. The molecule has 0 aromatic heterocycles. The minimum Gasteiger partial charge on any atom is -0.497 e. The number of esters is 1. The van der Waals surface area contributed by atoms with Gasteiger partial charge in [-0.25, -0.2) is 4.79 Å². The van der Waals surface area contributed by atoms with E-state index in [4.69, 9.17) is 14.2 Å². The number of rotatable bonds is 4. The number of aryl methyl sites for hydroxylation is 2. The molecule has 25 heavy (non-hydrogen) atoms. The first kappa shape index (κ1) is 16.8. The maximum atomic E-state index is 12.3. The first-order chi connectivity index (χ1) is 12.0. The summed E-state index contributed by atoms with van der Waals surface area (Å²) in [6.45, 7) is 4.04. The van der Waals surface area contributed by atoms with E-state index in [0.717, 1.165) is 16.7 Å². The fourth-order valence-corrected chi connectivity index (χ4v) is 2.82. The van der Waals surface area contributed by atoms with E-state index in [1.54, 1.807) is 32.4 Å². The van der Waals surface area contributed by atoms with E-state index in [1.165, 1.54) is 5.56 Å². The van der Waals surface area contributed by atoms with Gasteiger partial charge in [0.05, 0.1) is 19.8 Å². The van der Waals surface area contributed by atoms with Gasteiger partial charge in [-0.3, -0.25) is 0 Å². The Kier molecular flexibility index (Phi) is 4.61. The molecule has 0 fully saturated rings. The molecule has 0 unspecified atom stereocenters. The van der Waals surface area contributed by atoms with Crippen molar-refractivity contribution in [3.63, 3.8) is 0 Å². The smallest absolute Gasteiger partial charge is 0.343 e. The van der Waals surface area contributed by atoms with Crippen molar-refractivity contribution >= 4 is 17.8 Å². The summed E-state index contributed by atoms with van der Waals surface area (Å²) < 4.78 is 16.0. The summed E-state index contributed by atoms with van der Waals surface area (Å²) in [5, 5.41) is 0. The molecule has 1 heterocycles. The van der Waals surface area contributed by atoms with Gasteiger partial charge in [-0.2, -0.15) is 0 Å². The molecule has 1 aliphatic heterocycles. The largest absolute Gasteiger partial charge is 0.497 e. The number of hydrogen-bond acceptors (Lipinski definition) is 4. The molecule has 2 aromatic carbocycles. The molecule has 4 nitrogen and oxygen atoms in total. The Hall–Kier alpha value is -3.01. The van der Waals surface area contributed by atoms with Crippen molar-refractivity contribution in [2.24, 2.45) is 0 Å². The second-order valence-corrected chi connectivity index (χ2v) is 5.92. The zero-order valence-electron chi connectivity index (χ0n) is 14.8. The maximum Gasteiger partial charge on any atom is 0.343 e. The van der Waals surface area contributed by atoms with E-state index < -0.39 is 0 Å². The average Bonchev–Trinajstić information content (AvgIpc) is 2.95. The van der Waals surface area contributed by atoms with Crippen molar-refractivity contribution in [2.75, 3.05) is 14.2 Å². The molecule has 3 rings (SSSR count). The lowest BCUT2D eigenvalue weighted by Gasteiger charge is -2.07. The van der Waals surface area contributed by atoms with Crippen LogP contribution in [0.2, 0.25) is 0 Å². The van der Waals surface area contributed by atoms with Crippen LogP contribution in [0.1, 0.15) is 22.3 Å². The summed E-state index contributed by atoms with van der Waals surface area (Å²) in [4.78, 5) is 12.3. The van der Waals surface area contributed by atoms with Crippen molar-refractivity contribution < 1.29 is 19.0 Å². The molecule has 0 aliphatic carbocycles.